The molecule has 0 bridgehead atoms. The highest BCUT2D eigenvalue weighted by atomic mass is 19.1. The molecule has 0 spiro atoms. The monoisotopic (exact) mass is 293 g/mol. The number of ether oxygens (including phenoxy) is 2. The van der Waals surface area contributed by atoms with Crippen molar-refractivity contribution in [3.63, 3.8) is 0 Å². The lowest BCUT2D eigenvalue weighted by Crippen LogP contribution is -2.19. The maximum Gasteiger partial charge on any atom is 0.165 e. The van der Waals surface area contributed by atoms with Crippen LogP contribution >= 0.6 is 0 Å². The first kappa shape index (κ1) is 15.3. The van der Waals surface area contributed by atoms with Gasteiger partial charge in [0.25, 0.3) is 0 Å². The van der Waals surface area contributed by atoms with Crippen LogP contribution in [-0.4, -0.2) is 21.3 Å². The van der Waals surface area contributed by atoms with Gasteiger partial charge in [-0.05, 0) is 42.9 Å². The van der Waals surface area contributed by atoms with Crippen LogP contribution in [0.15, 0.2) is 36.4 Å². The Hall–Kier alpha value is -2.14. The lowest BCUT2D eigenvalue weighted by molar-refractivity contribution is 0.385. The molecule has 2 rings (SSSR count). The van der Waals surface area contributed by atoms with Crippen molar-refractivity contribution in [3.8, 4) is 11.5 Å². The molecule has 5 heteroatoms. The molecule has 3 nitrogen and oxygen atoms in total. The normalized spacial score (nSPS) is 12.0. The van der Waals surface area contributed by atoms with Gasteiger partial charge in [0.15, 0.2) is 11.6 Å². The largest absolute Gasteiger partial charge is 0.496 e. The molecule has 0 fully saturated rings. The number of benzene rings is 2. The van der Waals surface area contributed by atoms with E-state index in [4.69, 9.17) is 9.47 Å². The van der Waals surface area contributed by atoms with Gasteiger partial charge in [-0.3, -0.25) is 0 Å². The maximum atomic E-state index is 13.9. The highest BCUT2D eigenvalue weighted by Crippen LogP contribution is 2.32. The van der Waals surface area contributed by atoms with Gasteiger partial charge < -0.3 is 14.8 Å². The van der Waals surface area contributed by atoms with Crippen molar-refractivity contribution < 1.29 is 18.3 Å². The lowest BCUT2D eigenvalue weighted by atomic mass is 9.97. The molecule has 0 saturated heterocycles. The van der Waals surface area contributed by atoms with Crippen LogP contribution in [0.4, 0.5) is 8.78 Å². The molecule has 0 aliphatic heterocycles. The molecular formula is C16H17F2NO2. The first-order valence-corrected chi connectivity index (χ1v) is 6.44. The Kier molecular flexibility index (Phi) is 4.75. The van der Waals surface area contributed by atoms with Crippen LogP contribution in [0.1, 0.15) is 17.2 Å². The molecule has 112 valence electrons. The molecule has 2 aromatic carbocycles. The molecule has 0 heterocycles. The van der Waals surface area contributed by atoms with Crippen molar-refractivity contribution >= 4 is 0 Å². The molecule has 1 atom stereocenters. The summed E-state index contributed by atoms with van der Waals surface area (Å²) in [5.74, 6) is -0.141. The van der Waals surface area contributed by atoms with Gasteiger partial charge in [-0.25, -0.2) is 8.78 Å². The third-order valence-electron chi connectivity index (χ3n) is 3.30. The second kappa shape index (κ2) is 6.54. The minimum atomic E-state index is -0.467. The average molecular weight is 293 g/mol. The van der Waals surface area contributed by atoms with Crippen molar-refractivity contribution in [3.05, 3.63) is 59.2 Å². The van der Waals surface area contributed by atoms with Gasteiger partial charge in [0, 0.05) is 5.56 Å². The molecule has 0 aliphatic carbocycles. The fourth-order valence-corrected chi connectivity index (χ4v) is 2.29. The summed E-state index contributed by atoms with van der Waals surface area (Å²) in [5, 5.41) is 3.05. The van der Waals surface area contributed by atoms with Crippen LogP contribution in [-0.2, 0) is 0 Å². The Bertz CT molecular complexity index is 632. The molecule has 0 radical (unpaired) electrons. The predicted octanol–water partition coefficient (Wildman–Crippen LogP) is 3.29. The van der Waals surface area contributed by atoms with Gasteiger partial charge >= 0.3 is 0 Å². The van der Waals surface area contributed by atoms with Gasteiger partial charge in [-0.15, -0.1) is 0 Å². The Morgan fingerprint density at radius 1 is 0.952 bits per heavy atom. The van der Waals surface area contributed by atoms with E-state index < -0.39 is 11.9 Å². The summed E-state index contributed by atoms with van der Waals surface area (Å²) in [5.41, 5.74) is 1.25. The summed E-state index contributed by atoms with van der Waals surface area (Å²) in [6, 6.07) is 8.50. The number of hydrogen-bond donors (Lipinski definition) is 1. The van der Waals surface area contributed by atoms with Gasteiger partial charge in [0.05, 0.1) is 20.3 Å². The summed E-state index contributed by atoms with van der Waals surface area (Å²) in [4.78, 5) is 0. The van der Waals surface area contributed by atoms with Crippen molar-refractivity contribution in [2.24, 2.45) is 0 Å². The Morgan fingerprint density at radius 2 is 1.62 bits per heavy atom. The van der Waals surface area contributed by atoms with E-state index in [9.17, 15) is 8.78 Å². The molecular weight excluding hydrogens is 276 g/mol. The Balaban J connectivity index is 2.49. The standard InChI is InChI=1S/C16H17F2NO2/c1-19-16(10-4-6-15(21-3)13(18)8-10)12-9-11(17)5-7-14(12)20-2/h4-9,16,19H,1-3H3. The van der Waals surface area contributed by atoms with Crippen molar-refractivity contribution in [1.82, 2.24) is 5.32 Å². The molecule has 1 unspecified atom stereocenters. The van der Waals surface area contributed by atoms with Crippen molar-refractivity contribution in [2.45, 2.75) is 6.04 Å². The summed E-state index contributed by atoms with van der Waals surface area (Å²) in [6.07, 6.45) is 0. The predicted molar refractivity (Wildman–Crippen MR) is 76.8 cm³/mol. The molecule has 0 aromatic heterocycles. The number of hydrogen-bond acceptors (Lipinski definition) is 3. The molecule has 2 aromatic rings. The van der Waals surface area contributed by atoms with Crippen LogP contribution in [0, 0.1) is 11.6 Å². The first-order valence-electron chi connectivity index (χ1n) is 6.44. The summed E-state index contributed by atoms with van der Waals surface area (Å²) in [7, 11) is 4.64. The van der Waals surface area contributed by atoms with Gasteiger partial charge in [-0.1, -0.05) is 6.07 Å². The fourth-order valence-electron chi connectivity index (χ4n) is 2.29. The Morgan fingerprint density at radius 3 is 2.19 bits per heavy atom. The van der Waals surface area contributed by atoms with Gasteiger partial charge in [0.2, 0.25) is 0 Å². The van der Waals surface area contributed by atoms with Crippen LogP contribution in [0.25, 0.3) is 0 Å². The molecule has 0 amide bonds. The zero-order valence-electron chi connectivity index (χ0n) is 12.1. The highest BCUT2D eigenvalue weighted by molar-refractivity contribution is 5.43. The fraction of sp³-hybridized carbons (Fsp3) is 0.250. The molecule has 21 heavy (non-hydrogen) atoms. The first-order chi connectivity index (χ1) is 10.1. The van der Waals surface area contributed by atoms with Crippen LogP contribution in [0.2, 0.25) is 0 Å². The van der Waals surface area contributed by atoms with Crippen LogP contribution in [0.5, 0.6) is 11.5 Å². The maximum absolute atomic E-state index is 13.9. The summed E-state index contributed by atoms with van der Waals surface area (Å²) >= 11 is 0. The van der Waals surface area contributed by atoms with E-state index in [0.29, 0.717) is 16.9 Å². The van der Waals surface area contributed by atoms with E-state index >= 15 is 0 Å². The van der Waals surface area contributed by atoms with E-state index in [1.54, 1.807) is 25.2 Å². The zero-order chi connectivity index (χ0) is 15.4. The van der Waals surface area contributed by atoms with Crippen molar-refractivity contribution in [1.29, 1.82) is 0 Å². The molecule has 1 N–H and O–H groups in total. The van der Waals surface area contributed by atoms with Crippen molar-refractivity contribution in [2.75, 3.05) is 21.3 Å². The molecule has 0 aliphatic rings. The quantitative estimate of drug-likeness (QED) is 0.917. The second-order valence-corrected chi connectivity index (χ2v) is 4.50. The summed E-state index contributed by atoms with van der Waals surface area (Å²) in [6.45, 7) is 0. The lowest BCUT2D eigenvalue weighted by Gasteiger charge is -2.20. The second-order valence-electron chi connectivity index (χ2n) is 4.50. The van der Waals surface area contributed by atoms with Gasteiger partial charge in [0.1, 0.15) is 11.6 Å². The SMILES string of the molecule is CNC(c1ccc(OC)c(F)c1)c1cc(F)ccc1OC. The van der Waals surface area contributed by atoms with E-state index in [-0.39, 0.29) is 11.6 Å². The number of methoxy groups -OCH3 is 2. The minimum Gasteiger partial charge on any atom is -0.496 e. The van der Waals surface area contributed by atoms with E-state index in [1.165, 1.54) is 32.4 Å². The summed E-state index contributed by atoms with van der Waals surface area (Å²) < 4.78 is 37.5. The number of nitrogens with one attached hydrogen (secondary N) is 1. The van der Waals surface area contributed by atoms with Crippen LogP contribution < -0.4 is 14.8 Å². The average Bonchev–Trinajstić information content (AvgIpc) is 2.48. The molecule has 0 saturated carbocycles. The minimum absolute atomic E-state index is 0.166. The third kappa shape index (κ3) is 3.13. The highest BCUT2D eigenvalue weighted by Gasteiger charge is 2.19. The topological polar surface area (TPSA) is 30.5 Å². The third-order valence-corrected chi connectivity index (χ3v) is 3.30. The van der Waals surface area contributed by atoms with Crippen LogP contribution in [0.3, 0.4) is 0 Å². The smallest absolute Gasteiger partial charge is 0.165 e. The number of rotatable bonds is 5. The van der Waals surface area contributed by atoms with Gasteiger partial charge in [-0.2, -0.15) is 0 Å². The zero-order valence-corrected chi connectivity index (χ0v) is 12.1. The number of halogens is 2. The van der Waals surface area contributed by atoms with E-state index in [1.807, 2.05) is 0 Å². The van der Waals surface area contributed by atoms with E-state index in [0.717, 1.165) is 0 Å². The van der Waals surface area contributed by atoms with E-state index in [2.05, 4.69) is 5.32 Å². The Labute approximate surface area is 122 Å².